The largest absolute Gasteiger partial charge is 0.289 e. The monoisotopic (exact) mass is 148 g/mol. The van der Waals surface area contributed by atoms with Crippen LogP contribution in [0.1, 0.15) is 32.1 Å². The summed E-state index contributed by atoms with van der Waals surface area (Å²) in [5, 5.41) is 0. The maximum absolute atomic E-state index is 11.4. The van der Waals surface area contributed by atoms with E-state index >= 15 is 0 Å². The van der Waals surface area contributed by atoms with Gasteiger partial charge in [0.15, 0.2) is 5.78 Å². The van der Waals surface area contributed by atoms with Gasteiger partial charge in [0.1, 0.15) is 0 Å². The van der Waals surface area contributed by atoms with E-state index in [0.717, 1.165) is 30.4 Å². The summed E-state index contributed by atoms with van der Waals surface area (Å²) < 4.78 is 0. The summed E-state index contributed by atoms with van der Waals surface area (Å²) in [5.74, 6) is 0.250. The first-order valence-corrected chi connectivity index (χ1v) is 4.22. The number of carbonyl (C=O) groups excluding carboxylic acids is 1. The molecule has 0 atom stereocenters. The first-order chi connectivity index (χ1) is 5.29. The van der Waals surface area contributed by atoms with Crippen molar-refractivity contribution in [2.75, 3.05) is 0 Å². The molecule has 2 aliphatic carbocycles. The van der Waals surface area contributed by atoms with Gasteiger partial charge in [0.2, 0.25) is 0 Å². The lowest BCUT2D eigenvalue weighted by atomic mass is 9.94. The predicted molar refractivity (Wildman–Crippen MR) is 44.3 cm³/mol. The van der Waals surface area contributed by atoms with E-state index < -0.39 is 0 Å². The lowest BCUT2D eigenvalue weighted by Gasteiger charge is -2.10. The molecule has 1 heteroatoms. The Morgan fingerprint density at radius 3 is 2.64 bits per heavy atom. The van der Waals surface area contributed by atoms with Crippen molar-refractivity contribution < 1.29 is 4.79 Å². The van der Waals surface area contributed by atoms with Gasteiger partial charge >= 0.3 is 0 Å². The smallest absolute Gasteiger partial charge is 0.184 e. The average Bonchev–Trinajstić information content (AvgIpc) is 2.30. The summed E-state index contributed by atoms with van der Waals surface area (Å²) in [7, 11) is 0. The summed E-state index contributed by atoms with van der Waals surface area (Å²) in [5.41, 5.74) is 3.30. The van der Waals surface area contributed by atoms with Crippen molar-refractivity contribution in [2.45, 2.75) is 32.1 Å². The van der Waals surface area contributed by atoms with Crippen LogP contribution in [0.2, 0.25) is 0 Å². The Kier molecular flexibility index (Phi) is 1.45. The Hall–Kier alpha value is -0.850. The molecule has 0 N–H and O–H groups in total. The van der Waals surface area contributed by atoms with Gasteiger partial charge in [-0.2, -0.15) is 0 Å². The van der Waals surface area contributed by atoms with Gasteiger partial charge in [-0.15, -0.1) is 0 Å². The van der Waals surface area contributed by atoms with E-state index in [4.69, 9.17) is 0 Å². The third kappa shape index (κ3) is 0.953. The van der Waals surface area contributed by atoms with Crippen molar-refractivity contribution >= 4 is 5.78 Å². The number of hydrogen-bond donors (Lipinski definition) is 0. The molecule has 0 fully saturated rings. The van der Waals surface area contributed by atoms with Crippen LogP contribution in [0.3, 0.4) is 0 Å². The van der Waals surface area contributed by atoms with Crippen LogP contribution >= 0.6 is 0 Å². The average molecular weight is 148 g/mol. The second-order valence-electron chi connectivity index (χ2n) is 3.40. The highest BCUT2D eigenvalue weighted by molar-refractivity contribution is 6.11. The fourth-order valence-electron chi connectivity index (χ4n) is 1.99. The molecule has 0 amide bonds. The molecule has 0 aromatic rings. The number of carbonyl (C=O) groups is 1. The Morgan fingerprint density at radius 1 is 1.18 bits per heavy atom. The minimum Gasteiger partial charge on any atom is -0.289 e. The second kappa shape index (κ2) is 2.33. The van der Waals surface area contributed by atoms with Gasteiger partial charge in [0.25, 0.3) is 0 Å². The molecule has 2 rings (SSSR count). The van der Waals surface area contributed by atoms with E-state index in [1.165, 1.54) is 18.4 Å². The molecule has 0 radical (unpaired) electrons. The molecule has 0 saturated carbocycles. The molecule has 0 heterocycles. The zero-order valence-corrected chi connectivity index (χ0v) is 6.65. The van der Waals surface area contributed by atoms with Crippen LogP contribution in [-0.4, -0.2) is 5.78 Å². The molecule has 0 spiro atoms. The Balaban J connectivity index is 2.34. The highest BCUT2D eigenvalue weighted by Gasteiger charge is 2.27. The van der Waals surface area contributed by atoms with Gasteiger partial charge < -0.3 is 0 Å². The van der Waals surface area contributed by atoms with Gasteiger partial charge in [-0.25, -0.2) is 0 Å². The topological polar surface area (TPSA) is 17.1 Å². The minimum absolute atomic E-state index is 0.250. The minimum atomic E-state index is 0.250. The van der Waals surface area contributed by atoms with Crippen molar-refractivity contribution in [3.8, 4) is 0 Å². The third-order valence-corrected chi connectivity index (χ3v) is 2.60. The summed E-state index contributed by atoms with van der Waals surface area (Å²) in [6.45, 7) is 3.77. The van der Waals surface area contributed by atoms with E-state index in [9.17, 15) is 4.79 Å². The molecule has 0 aromatic heterocycles. The van der Waals surface area contributed by atoms with Crippen LogP contribution in [0.4, 0.5) is 0 Å². The first-order valence-electron chi connectivity index (χ1n) is 4.22. The van der Waals surface area contributed by atoms with Crippen LogP contribution in [0, 0.1) is 0 Å². The molecule has 58 valence electrons. The number of ketones is 1. The first kappa shape index (κ1) is 6.84. The number of Topliss-reactive ketones (excluding diaryl/α,β-unsaturated/α-hetero) is 1. The quantitative estimate of drug-likeness (QED) is 0.482. The number of rotatable bonds is 0. The highest BCUT2D eigenvalue weighted by Crippen LogP contribution is 2.36. The Morgan fingerprint density at radius 2 is 1.91 bits per heavy atom. The van der Waals surface area contributed by atoms with Crippen molar-refractivity contribution in [1.82, 2.24) is 0 Å². The van der Waals surface area contributed by atoms with Gasteiger partial charge in [0, 0.05) is 0 Å². The van der Waals surface area contributed by atoms with Gasteiger partial charge in [0.05, 0.1) is 0 Å². The molecule has 0 aromatic carbocycles. The van der Waals surface area contributed by atoms with Crippen molar-refractivity contribution in [3.63, 3.8) is 0 Å². The Labute approximate surface area is 66.8 Å². The third-order valence-electron chi connectivity index (χ3n) is 2.60. The molecule has 0 unspecified atom stereocenters. The maximum atomic E-state index is 11.4. The molecule has 0 saturated heterocycles. The molecule has 2 aliphatic rings. The van der Waals surface area contributed by atoms with Crippen molar-refractivity contribution in [2.24, 2.45) is 0 Å². The summed E-state index contributed by atoms with van der Waals surface area (Å²) >= 11 is 0. The van der Waals surface area contributed by atoms with E-state index in [0.29, 0.717) is 0 Å². The van der Waals surface area contributed by atoms with Crippen LogP contribution in [0.15, 0.2) is 23.3 Å². The van der Waals surface area contributed by atoms with E-state index in [1.807, 2.05) is 0 Å². The van der Waals surface area contributed by atoms with Crippen LogP contribution in [0.25, 0.3) is 0 Å². The normalized spacial score (nSPS) is 24.4. The predicted octanol–water partition coefficient (Wildman–Crippen LogP) is 2.39. The zero-order chi connectivity index (χ0) is 7.84. The molecule has 0 bridgehead atoms. The zero-order valence-electron chi connectivity index (χ0n) is 6.65. The molecule has 0 aliphatic heterocycles. The van der Waals surface area contributed by atoms with Crippen LogP contribution < -0.4 is 0 Å². The SMILES string of the molecule is C=C1CC2=C(CCCC2)C1=O. The van der Waals surface area contributed by atoms with E-state index in [2.05, 4.69) is 6.58 Å². The van der Waals surface area contributed by atoms with Gasteiger partial charge in [-0.05, 0) is 43.3 Å². The highest BCUT2D eigenvalue weighted by atomic mass is 16.1. The van der Waals surface area contributed by atoms with E-state index in [-0.39, 0.29) is 5.78 Å². The summed E-state index contributed by atoms with van der Waals surface area (Å²) in [6.07, 6.45) is 5.47. The molecular formula is C10H12O. The van der Waals surface area contributed by atoms with Crippen molar-refractivity contribution in [3.05, 3.63) is 23.3 Å². The Bertz CT molecular complexity index is 258. The van der Waals surface area contributed by atoms with Crippen LogP contribution in [-0.2, 0) is 4.79 Å². The van der Waals surface area contributed by atoms with Gasteiger partial charge in [-0.3, -0.25) is 4.79 Å². The van der Waals surface area contributed by atoms with Crippen LogP contribution in [0.5, 0.6) is 0 Å². The van der Waals surface area contributed by atoms with Gasteiger partial charge in [-0.1, -0.05) is 12.2 Å². The lowest BCUT2D eigenvalue weighted by molar-refractivity contribution is -0.112. The van der Waals surface area contributed by atoms with E-state index in [1.54, 1.807) is 0 Å². The standard InChI is InChI=1S/C10H12O/c1-7-6-8-4-2-3-5-9(8)10(7)11/h1-6H2. The number of hydrogen-bond acceptors (Lipinski definition) is 1. The number of allylic oxidation sites excluding steroid dienone is 3. The molecule has 11 heavy (non-hydrogen) atoms. The fourth-order valence-corrected chi connectivity index (χ4v) is 1.99. The fraction of sp³-hybridized carbons (Fsp3) is 0.500. The van der Waals surface area contributed by atoms with Crippen molar-refractivity contribution in [1.29, 1.82) is 0 Å². The summed E-state index contributed by atoms with van der Waals surface area (Å²) in [4.78, 5) is 11.4. The lowest BCUT2D eigenvalue weighted by Crippen LogP contribution is -2.01. The second-order valence-corrected chi connectivity index (χ2v) is 3.40. The maximum Gasteiger partial charge on any atom is 0.184 e. The molecular weight excluding hydrogens is 136 g/mol. The summed E-state index contributed by atoms with van der Waals surface area (Å²) in [6, 6.07) is 0. The molecule has 1 nitrogen and oxygen atoms in total.